The summed E-state index contributed by atoms with van der Waals surface area (Å²) in [6.45, 7) is 10.6. The highest BCUT2D eigenvalue weighted by Crippen LogP contribution is 2.00. The Labute approximate surface area is 290 Å². The molecule has 0 aliphatic heterocycles. The summed E-state index contributed by atoms with van der Waals surface area (Å²) < 4.78 is 21.3. The molecule has 4 amide bonds. The summed E-state index contributed by atoms with van der Waals surface area (Å²) >= 11 is 0. The maximum Gasteiger partial charge on any atom is 0.290 e. The average Bonchev–Trinajstić information content (AvgIpc) is 3.02. The Morgan fingerprint density at radius 2 is 1.06 bits per heavy atom. The van der Waals surface area contributed by atoms with Crippen LogP contribution in [0.2, 0.25) is 0 Å². The SMILES string of the molecule is CC=O.CCC[C@@H](C)NC(=O)CCC(C)NC(=O)COCCOCCNC(=O)COCCOCCNC(=O)CC[C@@H](C)N.O=CO.OCO. The zero-order chi connectivity index (χ0) is 38.1. The average molecular weight is 714 g/mol. The quantitative estimate of drug-likeness (QED) is 0.0298. The van der Waals surface area contributed by atoms with Gasteiger partial charge in [0.05, 0.1) is 39.6 Å². The van der Waals surface area contributed by atoms with Crippen molar-refractivity contribution in [3.05, 3.63) is 0 Å². The van der Waals surface area contributed by atoms with E-state index in [0.29, 0.717) is 58.6 Å². The third-order valence-electron chi connectivity index (χ3n) is 5.52. The molecule has 49 heavy (non-hydrogen) atoms. The van der Waals surface area contributed by atoms with Crippen LogP contribution in [0, 0.1) is 0 Å². The van der Waals surface area contributed by atoms with Crippen molar-refractivity contribution in [2.75, 3.05) is 72.7 Å². The normalized spacial score (nSPS) is 11.7. The molecule has 3 atom stereocenters. The van der Waals surface area contributed by atoms with E-state index in [9.17, 15) is 19.2 Å². The molecule has 1 unspecified atom stereocenters. The van der Waals surface area contributed by atoms with E-state index in [1.807, 2.05) is 20.8 Å². The first-order chi connectivity index (χ1) is 23.4. The fraction of sp³-hybridized carbons (Fsp3) is 0.806. The molecular formula is C31H63N5O13. The lowest BCUT2D eigenvalue weighted by Gasteiger charge is -2.16. The first-order valence-corrected chi connectivity index (χ1v) is 16.3. The summed E-state index contributed by atoms with van der Waals surface area (Å²) in [5.74, 6) is -0.566. The van der Waals surface area contributed by atoms with Crippen LogP contribution in [0.25, 0.3) is 0 Å². The van der Waals surface area contributed by atoms with Crippen LogP contribution in [-0.2, 0) is 47.7 Å². The molecular weight excluding hydrogens is 650 g/mol. The Balaban J connectivity index is -0.00000100. The van der Waals surface area contributed by atoms with Crippen molar-refractivity contribution < 1.29 is 63.0 Å². The van der Waals surface area contributed by atoms with E-state index in [4.69, 9.17) is 49.6 Å². The number of aliphatic hydroxyl groups is 2. The number of carbonyl (C=O) groups excluding carboxylic acids is 5. The topological polar surface area (TPSA) is 274 Å². The van der Waals surface area contributed by atoms with E-state index in [0.717, 1.165) is 19.1 Å². The Morgan fingerprint density at radius 3 is 1.53 bits per heavy atom. The molecule has 0 fully saturated rings. The number of hydrogen-bond donors (Lipinski definition) is 8. The third kappa shape index (κ3) is 51.7. The van der Waals surface area contributed by atoms with Gasteiger partial charge in [-0.1, -0.05) is 13.3 Å². The second-order valence-electron chi connectivity index (χ2n) is 10.3. The van der Waals surface area contributed by atoms with Crippen LogP contribution in [0.15, 0.2) is 0 Å². The Kier molecular flexibility index (Phi) is 45.9. The predicted octanol–water partition coefficient (Wildman–Crippen LogP) is -1.16. The summed E-state index contributed by atoms with van der Waals surface area (Å²) in [6.07, 6.45) is 4.67. The van der Waals surface area contributed by atoms with Crippen molar-refractivity contribution in [1.82, 2.24) is 21.3 Å². The number of aliphatic hydroxyl groups excluding tert-OH is 1. The van der Waals surface area contributed by atoms with E-state index in [2.05, 4.69) is 28.2 Å². The Morgan fingerprint density at radius 1 is 0.673 bits per heavy atom. The van der Waals surface area contributed by atoms with Gasteiger partial charge in [0.2, 0.25) is 23.6 Å². The van der Waals surface area contributed by atoms with E-state index >= 15 is 0 Å². The van der Waals surface area contributed by atoms with Gasteiger partial charge in [-0.15, -0.1) is 0 Å². The van der Waals surface area contributed by atoms with E-state index in [1.165, 1.54) is 6.92 Å². The number of amides is 4. The van der Waals surface area contributed by atoms with Crippen LogP contribution in [-0.4, -0.2) is 143 Å². The van der Waals surface area contributed by atoms with Gasteiger partial charge in [-0.05, 0) is 47.0 Å². The standard InChI is InChI=1S/C27H53N5O8.C2H4O.CH4O2.CH2O2/c1-5-6-22(3)31-25(34)10-8-23(4)32-27(36)20-40-18-16-38-14-12-30-26(35)19-39-17-15-37-13-11-29-24(33)9-7-21(2)28;1-2-3;2*2-1-3/h21-23H,5-20,28H2,1-4H3,(H,29,33)(H,30,35)(H,31,34)(H,32,36);2H,1H3;2-3H,1H2;1H,(H,2,3)/t21-,22-,23?;;;/m1.../s1. The van der Waals surface area contributed by atoms with Gasteiger partial charge in [0.15, 0.2) is 0 Å². The van der Waals surface area contributed by atoms with Gasteiger partial charge in [0, 0.05) is 44.1 Å². The zero-order valence-corrected chi connectivity index (χ0v) is 29.9. The summed E-state index contributed by atoms with van der Waals surface area (Å²) in [7, 11) is 0. The van der Waals surface area contributed by atoms with Crippen LogP contribution in [0.4, 0.5) is 0 Å². The molecule has 18 heteroatoms. The first kappa shape index (κ1) is 52.6. The fourth-order valence-electron chi connectivity index (χ4n) is 3.38. The summed E-state index contributed by atoms with van der Waals surface area (Å²) in [6, 6.07) is 0.0343. The highest BCUT2D eigenvalue weighted by molar-refractivity contribution is 5.78. The minimum atomic E-state index is -0.750. The molecule has 18 nitrogen and oxygen atoms in total. The summed E-state index contributed by atoms with van der Waals surface area (Å²) in [5, 5.41) is 32.3. The number of nitrogens with one attached hydrogen (secondary N) is 4. The van der Waals surface area contributed by atoms with Gasteiger partial charge in [-0.2, -0.15) is 0 Å². The molecule has 0 spiro atoms. The second kappa shape index (κ2) is 42.8. The number of carboxylic acid groups (broad SMARTS) is 1. The zero-order valence-electron chi connectivity index (χ0n) is 29.9. The van der Waals surface area contributed by atoms with Crippen LogP contribution < -0.4 is 27.0 Å². The van der Waals surface area contributed by atoms with E-state index in [1.54, 1.807) is 0 Å². The molecule has 0 aliphatic carbocycles. The van der Waals surface area contributed by atoms with Crippen LogP contribution in [0.5, 0.6) is 0 Å². The van der Waals surface area contributed by atoms with Crippen LogP contribution in [0.3, 0.4) is 0 Å². The molecule has 0 saturated heterocycles. The monoisotopic (exact) mass is 713 g/mol. The number of ether oxygens (including phenoxy) is 4. The maximum absolute atomic E-state index is 11.9. The second-order valence-corrected chi connectivity index (χ2v) is 10.3. The van der Waals surface area contributed by atoms with Gasteiger partial charge in [-0.3, -0.25) is 24.0 Å². The number of rotatable bonds is 26. The Hall–Kier alpha value is -3.26. The number of carbonyl (C=O) groups is 6. The number of aldehydes is 1. The van der Waals surface area contributed by atoms with Crippen molar-refractivity contribution in [2.45, 2.75) is 91.3 Å². The minimum Gasteiger partial charge on any atom is -0.483 e. The van der Waals surface area contributed by atoms with Gasteiger partial charge in [0.25, 0.3) is 6.47 Å². The lowest BCUT2D eigenvalue weighted by molar-refractivity contribution is -0.128. The van der Waals surface area contributed by atoms with E-state index in [-0.39, 0.29) is 81.3 Å². The lowest BCUT2D eigenvalue weighted by Crippen LogP contribution is -2.37. The van der Waals surface area contributed by atoms with Crippen molar-refractivity contribution in [2.24, 2.45) is 5.73 Å². The Bertz CT molecular complexity index is 802. The molecule has 0 heterocycles. The van der Waals surface area contributed by atoms with Crippen LogP contribution in [0.1, 0.15) is 73.1 Å². The lowest BCUT2D eigenvalue weighted by atomic mass is 10.1. The van der Waals surface area contributed by atoms with Crippen molar-refractivity contribution in [1.29, 1.82) is 0 Å². The number of hydrogen-bond acceptors (Lipinski definition) is 13. The molecule has 9 N–H and O–H groups in total. The maximum atomic E-state index is 11.9. The van der Waals surface area contributed by atoms with Gasteiger partial charge >= 0.3 is 0 Å². The van der Waals surface area contributed by atoms with Gasteiger partial charge in [-0.25, -0.2) is 0 Å². The molecule has 0 bridgehead atoms. The third-order valence-corrected chi connectivity index (χ3v) is 5.52. The predicted molar refractivity (Wildman–Crippen MR) is 181 cm³/mol. The highest BCUT2D eigenvalue weighted by Gasteiger charge is 2.11. The van der Waals surface area contributed by atoms with Crippen LogP contribution >= 0.6 is 0 Å². The van der Waals surface area contributed by atoms with Crippen molar-refractivity contribution in [3.63, 3.8) is 0 Å². The fourth-order valence-corrected chi connectivity index (χ4v) is 3.38. The van der Waals surface area contributed by atoms with Crippen molar-refractivity contribution in [3.8, 4) is 0 Å². The van der Waals surface area contributed by atoms with E-state index < -0.39 is 6.79 Å². The van der Waals surface area contributed by atoms with Gasteiger partial charge < -0.3 is 66.1 Å². The largest absolute Gasteiger partial charge is 0.483 e. The molecule has 0 rings (SSSR count). The molecule has 0 aromatic rings. The summed E-state index contributed by atoms with van der Waals surface area (Å²) in [5.41, 5.74) is 5.61. The molecule has 290 valence electrons. The molecule has 0 aliphatic rings. The molecule has 0 aromatic carbocycles. The first-order valence-electron chi connectivity index (χ1n) is 16.3. The van der Waals surface area contributed by atoms with Gasteiger partial charge in [0.1, 0.15) is 26.3 Å². The summed E-state index contributed by atoms with van der Waals surface area (Å²) in [4.78, 5) is 64.3. The molecule has 0 aromatic heterocycles. The van der Waals surface area contributed by atoms with Crippen molar-refractivity contribution >= 4 is 36.4 Å². The highest BCUT2D eigenvalue weighted by atomic mass is 16.5. The smallest absolute Gasteiger partial charge is 0.290 e. The molecule has 0 radical (unpaired) electrons. The number of nitrogens with two attached hydrogens (primary N) is 1. The minimum absolute atomic E-state index is 0.00237. The molecule has 0 saturated carbocycles.